The van der Waals surface area contributed by atoms with Gasteiger partial charge in [-0.25, -0.2) is 0 Å². The topological polar surface area (TPSA) is 64.6 Å². The average Bonchev–Trinajstić information content (AvgIpc) is 2.97. The van der Waals surface area contributed by atoms with Gasteiger partial charge in [0, 0.05) is 33.7 Å². The summed E-state index contributed by atoms with van der Waals surface area (Å²) in [7, 11) is 3.18. The van der Waals surface area contributed by atoms with Crippen LogP contribution in [0.1, 0.15) is 51.5 Å². The fraction of sp³-hybridized carbons (Fsp3) is 0.400. The lowest BCUT2D eigenvalue weighted by atomic mass is 10.0. The van der Waals surface area contributed by atoms with Crippen molar-refractivity contribution in [1.82, 2.24) is 5.32 Å². The molecule has 1 N–H and O–H groups in total. The third-order valence-corrected chi connectivity index (χ3v) is 5.17. The Balaban J connectivity index is 1.97. The number of ketones is 1. The van der Waals surface area contributed by atoms with Gasteiger partial charge in [-0.2, -0.15) is 0 Å². The largest absolute Gasteiger partial charge is 0.497 e. The SMILES string of the molecule is COc1ccc(OC)c([C@H](C)NC(=O)CCC(=O)c2cc(C)sc2C)c1. The molecule has 0 aliphatic rings. The van der Waals surface area contributed by atoms with E-state index in [-0.39, 0.29) is 30.6 Å². The number of benzene rings is 1. The van der Waals surface area contributed by atoms with Gasteiger partial charge in [-0.05, 0) is 45.0 Å². The maximum atomic E-state index is 12.3. The van der Waals surface area contributed by atoms with E-state index in [2.05, 4.69) is 5.32 Å². The molecule has 1 amide bonds. The number of hydrogen-bond donors (Lipinski definition) is 1. The van der Waals surface area contributed by atoms with Crippen LogP contribution in [-0.2, 0) is 4.79 Å². The van der Waals surface area contributed by atoms with Gasteiger partial charge >= 0.3 is 0 Å². The minimum atomic E-state index is -0.257. The first kappa shape index (κ1) is 20.0. The molecule has 1 aromatic heterocycles. The van der Waals surface area contributed by atoms with Crippen LogP contribution in [0.15, 0.2) is 24.3 Å². The number of methoxy groups -OCH3 is 2. The second-order valence-corrected chi connectivity index (χ2v) is 7.61. The van der Waals surface area contributed by atoms with E-state index in [0.29, 0.717) is 11.5 Å². The van der Waals surface area contributed by atoms with Gasteiger partial charge in [0.05, 0.1) is 20.3 Å². The minimum absolute atomic E-state index is 0.00798. The van der Waals surface area contributed by atoms with Crippen molar-refractivity contribution in [3.63, 3.8) is 0 Å². The number of rotatable bonds is 8. The summed E-state index contributed by atoms with van der Waals surface area (Å²) in [6.07, 6.45) is 0.356. The molecule has 6 heteroatoms. The highest BCUT2D eigenvalue weighted by Gasteiger charge is 2.17. The fourth-order valence-corrected chi connectivity index (χ4v) is 3.78. The van der Waals surface area contributed by atoms with Crippen LogP contribution in [0.4, 0.5) is 0 Å². The lowest BCUT2D eigenvalue weighted by molar-refractivity contribution is -0.121. The smallest absolute Gasteiger partial charge is 0.220 e. The molecule has 0 radical (unpaired) electrons. The van der Waals surface area contributed by atoms with Gasteiger partial charge in [-0.1, -0.05) is 0 Å². The van der Waals surface area contributed by atoms with Crippen molar-refractivity contribution in [3.05, 3.63) is 45.1 Å². The van der Waals surface area contributed by atoms with E-state index < -0.39 is 0 Å². The van der Waals surface area contributed by atoms with Crippen molar-refractivity contribution in [2.45, 2.75) is 39.7 Å². The highest BCUT2D eigenvalue weighted by Crippen LogP contribution is 2.29. The van der Waals surface area contributed by atoms with Crippen molar-refractivity contribution < 1.29 is 19.1 Å². The summed E-state index contributed by atoms with van der Waals surface area (Å²) >= 11 is 1.60. The number of ether oxygens (including phenoxy) is 2. The molecule has 1 aromatic carbocycles. The summed E-state index contributed by atoms with van der Waals surface area (Å²) in [6, 6.07) is 7.09. The molecule has 0 fully saturated rings. The van der Waals surface area contributed by atoms with Crippen molar-refractivity contribution in [2.75, 3.05) is 14.2 Å². The Morgan fingerprint density at radius 3 is 2.42 bits per heavy atom. The van der Waals surface area contributed by atoms with E-state index in [1.807, 2.05) is 39.0 Å². The van der Waals surface area contributed by atoms with Gasteiger partial charge in [0.15, 0.2) is 5.78 Å². The highest BCUT2D eigenvalue weighted by molar-refractivity contribution is 7.12. The highest BCUT2D eigenvalue weighted by atomic mass is 32.1. The lowest BCUT2D eigenvalue weighted by Gasteiger charge is -2.18. The zero-order valence-corrected chi connectivity index (χ0v) is 16.7. The zero-order chi connectivity index (χ0) is 19.3. The molecule has 2 aromatic rings. The number of carbonyl (C=O) groups excluding carboxylic acids is 2. The number of nitrogens with one attached hydrogen (secondary N) is 1. The molecule has 0 aliphatic carbocycles. The molecule has 2 rings (SSSR count). The van der Waals surface area contributed by atoms with Crippen molar-refractivity contribution >= 4 is 23.0 Å². The number of aryl methyl sites for hydroxylation is 2. The Kier molecular flexibility index (Phi) is 6.80. The normalized spacial score (nSPS) is 11.7. The van der Waals surface area contributed by atoms with Gasteiger partial charge in [0.2, 0.25) is 5.91 Å². The lowest BCUT2D eigenvalue weighted by Crippen LogP contribution is -2.27. The van der Waals surface area contributed by atoms with E-state index in [1.165, 1.54) is 0 Å². The average molecular weight is 375 g/mol. The van der Waals surface area contributed by atoms with Gasteiger partial charge in [-0.3, -0.25) is 9.59 Å². The first-order valence-electron chi connectivity index (χ1n) is 8.47. The van der Waals surface area contributed by atoms with Gasteiger partial charge in [-0.15, -0.1) is 11.3 Å². The zero-order valence-electron chi connectivity index (χ0n) is 15.8. The third kappa shape index (κ3) is 4.85. The minimum Gasteiger partial charge on any atom is -0.497 e. The molecular weight excluding hydrogens is 350 g/mol. The molecule has 140 valence electrons. The van der Waals surface area contributed by atoms with Gasteiger partial charge in [0.1, 0.15) is 11.5 Å². The molecule has 5 nitrogen and oxygen atoms in total. The fourth-order valence-electron chi connectivity index (χ4n) is 2.84. The summed E-state index contributed by atoms with van der Waals surface area (Å²) in [5.41, 5.74) is 1.55. The third-order valence-electron chi connectivity index (χ3n) is 4.20. The maximum Gasteiger partial charge on any atom is 0.220 e. The maximum absolute atomic E-state index is 12.3. The Hall–Kier alpha value is -2.34. The quantitative estimate of drug-likeness (QED) is 0.702. The van der Waals surface area contributed by atoms with Crippen LogP contribution >= 0.6 is 11.3 Å². The molecule has 0 aliphatic heterocycles. The summed E-state index contributed by atoms with van der Waals surface area (Å²) in [6.45, 7) is 5.79. The molecule has 26 heavy (non-hydrogen) atoms. The molecule has 1 atom stereocenters. The standard InChI is InChI=1S/C20H25NO4S/c1-12-10-17(14(3)26-12)18(22)7-9-20(23)21-13(2)16-11-15(24-4)6-8-19(16)25-5/h6,8,10-11,13H,7,9H2,1-5H3,(H,21,23)/t13-/m0/s1. The van der Waals surface area contributed by atoms with E-state index >= 15 is 0 Å². The molecule has 0 spiro atoms. The molecule has 0 bridgehead atoms. The Labute approximate surface area is 158 Å². The molecule has 0 unspecified atom stereocenters. The number of thiophene rings is 1. The van der Waals surface area contributed by atoms with Crippen LogP contribution in [0.3, 0.4) is 0 Å². The Bertz CT molecular complexity index is 797. The van der Waals surface area contributed by atoms with E-state index in [9.17, 15) is 9.59 Å². The summed E-state index contributed by atoms with van der Waals surface area (Å²) < 4.78 is 10.6. The van der Waals surface area contributed by atoms with Crippen LogP contribution in [-0.4, -0.2) is 25.9 Å². The van der Waals surface area contributed by atoms with Gasteiger partial charge < -0.3 is 14.8 Å². The predicted octanol–water partition coefficient (Wildman–Crippen LogP) is 4.22. The number of Topliss-reactive ketones (excluding diaryl/α,β-unsaturated/α-hetero) is 1. The van der Waals surface area contributed by atoms with Crippen LogP contribution in [0, 0.1) is 13.8 Å². The van der Waals surface area contributed by atoms with Crippen LogP contribution in [0.25, 0.3) is 0 Å². The van der Waals surface area contributed by atoms with Crippen LogP contribution in [0.5, 0.6) is 11.5 Å². The second-order valence-electron chi connectivity index (χ2n) is 6.15. The first-order valence-corrected chi connectivity index (χ1v) is 9.28. The molecule has 0 saturated carbocycles. The van der Waals surface area contributed by atoms with E-state index in [1.54, 1.807) is 31.6 Å². The monoisotopic (exact) mass is 375 g/mol. The van der Waals surface area contributed by atoms with Crippen LogP contribution < -0.4 is 14.8 Å². The Morgan fingerprint density at radius 1 is 1.12 bits per heavy atom. The van der Waals surface area contributed by atoms with Crippen molar-refractivity contribution in [3.8, 4) is 11.5 Å². The summed E-state index contributed by atoms with van der Waals surface area (Å²) in [4.78, 5) is 26.7. The van der Waals surface area contributed by atoms with Crippen LogP contribution in [0.2, 0.25) is 0 Å². The van der Waals surface area contributed by atoms with E-state index in [0.717, 1.165) is 20.9 Å². The summed E-state index contributed by atoms with van der Waals surface area (Å²) in [5.74, 6) is 1.22. The predicted molar refractivity (Wildman–Crippen MR) is 103 cm³/mol. The second kappa shape index (κ2) is 8.85. The van der Waals surface area contributed by atoms with Crippen molar-refractivity contribution in [2.24, 2.45) is 0 Å². The molecule has 1 heterocycles. The number of amides is 1. The first-order chi connectivity index (χ1) is 12.3. The number of carbonyl (C=O) groups is 2. The Morgan fingerprint density at radius 2 is 1.85 bits per heavy atom. The van der Waals surface area contributed by atoms with E-state index in [4.69, 9.17) is 9.47 Å². The van der Waals surface area contributed by atoms with Gasteiger partial charge in [0.25, 0.3) is 0 Å². The summed E-state index contributed by atoms with van der Waals surface area (Å²) in [5, 5.41) is 2.92. The number of hydrogen-bond acceptors (Lipinski definition) is 5. The molecular formula is C20H25NO4S. The van der Waals surface area contributed by atoms with Crippen molar-refractivity contribution in [1.29, 1.82) is 0 Å². The molecule has 0 saturated heterocycles.